The first-order chi connectivity index (χ1) is 13.6. The molecule has 0 aliphatic rings. The highest BCUT2D eigenvalue weighted by atomic mass is 19.1. The zero-order chi connectivity index (χ0) is 19.5. The van der Waals surface area contributed by atoms with Crippen LogP contribution in [0.25, 0.3) is 16.7 Å². The molecule has 3 heterocycles. The molecular weight excluding hydrogens is 365 g/mol. The van der Waals surface area contributed by atoms with Gasteiger partial charge < -0.3 is 5.32 Å². The second kappa shape index (κ2) is 7.35. The Morgan fingerprint density at radius 1 is 1.18 bits per heavy atom. The van der Waals surface area contributed by atoms with E-state index in [0.717, 1.165) is 16.2 Å². The average Bonchev–Trinajstić information content (AvgIpc) is 3.24. The zero-order valence-electron chi connectivity index (χ0n) is 14.5. The lowest BCUT2D eigenvalue weighted by atomic mass is 10.2. The van der Waals surface area contributed by atoms with E-state index in [0.29, 0.717) is 11.3 Å². The van der Waals surface area contributed by atoms with Crippen LogP contribution in [0.5, 0.6) is 0 Å². The topological polar surface area (TPSA) is 108 Å². The van der Waals surface area contributed by atoms with Gasteiger partial charge in [0.2, 0.25) is 5.91 Å². The number of carbonyl (C=O) groups excluding carboxylic acids is 1. The number of carbonyl (C=O) groups is 1. The van der Waals surface area contributed by atoms with Crippen LogP contribution in [0.1, 0.15) is 5.56 Å². The van der Waals surface area contributed by atoms with Crippen molar-refractivity contribution < 1.29 is 9.18 Å². The van der Waals surface area contributed by atoms with Gasteiger partial charge in [0.05, 0.1) is 17.2 Å². The molecule has 0 atom stereocenters. The molecule has 28 heavy (non-hydrogen) atoms. The molecule has 0 saturated heterocycles. The van der Waals surface area contributed by atoms with E-state index < -0.39 is 17.3 Å². The first-order valence-corrected chi connectivity index (χ1v) is 8.32. The maximum atomic E-state index is 13.4. The molecule has 9 nitrogen and oxygen atoms in total. The molecule has 1 N–H and O–H groups in total. The lowest BCUT2D eigenvalue weighted by Crippen LogP contribution is -2.32. The Labute approximate surface area is 157 Å². The summed E-state index contributed by atoms with van der Waals surface area (Å²) >= 11 is 0. The summed E-state index contributed by atoms with van der Waals surface area (Å²) in [5.41, 5.74) is 0.618. The SMILES string of the molecule is O=C(Cn1cnc2ccc(F)cc2c1=O)NCc1cccnc1-n1cncn1. The largest absolute Gasteiger partial charge is 0.350 e. The van der Waals surface area contributed by atoms with Crippen molar-refractivity contribution in [2.24, 2.45) is 0 Å². The number of hydrogen-bond donors (Lipinski definition) is 1. The fourth-order valence-corrected chi connectivity index (χ4v) is 2.74. The molecule has 0 spiro atoms. The molecule has 0 aliphatic heterocycles. The van der Waals surface area contributed by atoms with Crippen molar-refractivity contribution in [1.29, 1.82) is 0 Å². The quantitative estimate of drug-likeness (QED) is 0.550. The molecule has 0 bridgehead atoms. The summed E-state index contributed by atoms with van der Waals surface area (Å²) in [6.07, 6.45) is 5.78. The number of benzene rings is 1. The van der Waals surface area contributed by atoms with Crippen LogP contribution in [-0.4, -0.2) is 35.2 Å². The van der Waals surface area contributed by atoms with Crippen LogP contribution < -0.4 is 10.9 Å². The van der Waals surface area contributed by atoms with E-state index in [1.165, 1.54) is 35.8 Å². The van der Waals surface area contributed by atoms with Crippen molar-refractivity contribution >= 4 is 16.8 Å². The maximum absolute atomic E-state index is 13.4. The van der Waals surface area contributed by atoms with Gasteiger partial charge in [-0.3, -0.25) is 14.2 Å². The van der Waals surface area contributed by atoms with Gasteiger partial charge >= 0.3 is 0 Å². The normalized spacial score (nSPS) is 10.9. The van der Waals surface area contributed by atoms with E-state index in [4.69, 9.17) is 0 Å². The molecule has 4 aromatic rings. The van der Waals surface area contributed by atoms with Gasteiger partial charge in [-0.2, -0.15) is 5.10 Å². The van der Waals surface area contributed by atoms with Gasteiger partial charge in [0, 0.05) is 18.3 Å². The average molecular weight is 379 g/mol. The molecule has 4 rings (SSSR count). The zero-order valence-corrected chi connectivity index (χ0v) is 14.5. The smallest absolute Gasteiger partial charge is 0.261 e. The van der Waals surface area contributed by atoms with Crippen LogP contribution in [0.3, 0.4) is 0 Å². The van der Waals surface area contributed by atoms with Crippen LogP contribution in [0.15, 0.2) is 60.3 Å². The Balaban J connectivity index is 1.50. The summed E-state index contributed by atoms with van der Waals surface area (Å²) in [5.74, 6) is -0.390. The molecule has 140 valence electrons. The van der Waals surface area contributed by atoms with E-state index >= 15 is 0 Å². The molecule has 0 aliphatic carbocycles. The van der Waals surface area contributed by atoms with Crippen molar-refractivity contribution in [1.82, 2.24) is 34.6 Å². The summed E-state index contributed by atoms with van der Waals surface area (Å²) in [6.45, 7) is -0.0521. The second-order valence-corrected chi connectivity index (χ2v) is 5.94. The van der Waals surface area contributed by atoms with Gasteiger partial charge in [0.15, 0.2) is 5.82 Å². The summed E-state index contributed by atoms with van der Waals surface area (Å²) in [6, 6.07) is 7.31. The van der Waals surface area contributed by atoms with E-state index in [2.05, 4.69) is 25.4 Å². The third-order valence-corrected chi connectivity index (χ3v) is 4.08. The number of nitrogens with zero attached hydrogens (tertiary/aromatic N) is 6. The highest BCUT2D eigenvalue weighted by molar-refractivity contribution is 5.79. The predicted octanol–water partition coefficient (Wildman–Crippen LogP) is 0.828. The van der Waals surface area contributed by atoms with Crippen molar-refractivity contribution in [3.63, 3.8) is 0 Å². The number of nitrogens with one attached hydrogen (secondary N) is 1. The van der Waals surface area contributed by atoms with Crippen LogP contribution in [0.4, 0.5) is 4.39 Å². The molecule has 0 fully saturated rings. The van der Waals surface area contributed by atoms with Crippen LogP contribution in [0, 0.1) is 5.82 Å². The lowest BCUT2D eigenvalue weighted by molar-refractivity contribution is -0.121. The summed E-state index contributed by atoms with van der Waals surface area (Å²) in [7, 11) is 0. The minimum absolute atomic E-state index is 0.121. The van der Waals surface area contributed by atoms with E-state index in [1.807, 2.05) is 0 Å². The molecule has 0 saturated carbocycles. The number of hydrogen-bond acceptors (Lipinski definition) is 6. The van der Waals surface area contributed by atoms with E-state index in [1.54, 1.807) is 18.3 Å². The summed E-state index contributed by atoms with van der Waals surface area (Å²) in [4.78, 5) is 37.0. The highest BCUT2D eigenvalue weighted by Crippen LogP contribution is 2.10. The number of pyridine rings is 1. The molecule has 1 aromatic carbocycles. The third kappa shape index (κ3) is 3.47. The van der Waals surface area contributed by atoms with Gasteiger partial charge in [-0.05, 0) is 24.3 Å². The Hall–Kier alpha value is -3.95. The number of halogens is 1. The molecular formula is C18H14FN7O2. The predicted molar refractivity (Wildman–Crippen MR) is 97.0 cm³/mol. The molecule has 0 radical (unpaired) electrons. The molecule has 10 heteroatoms. The Kier molecular flexibility index (Phi) is 4.58. The standard InChI is InChI=1S/C18H14FN7O2/c19-13-3-4-15-14(6-13)18(28)25(11-23-15)8-16(27)22-7-12-2-1-5-21-17(12)26-10-20-9-24-26/h1-6,9-11H,7-8H2,(H,22,27). The van der Waals surface area contributed by atoms with Crippen molar-refractivity contribution in [3.8, 4) is 5.82 Å². The van der Waals surface area contributed by atoms with Gasteiger partial charge in [-0.25, -0.2) is 24.0 Å². The molecule has 1 amide bonds. The fraction of sp³-hybridized carbons (Fsp3) is 0.111. The number of rotatable bonds is 5. The number of fused-ring (bicyclic) bond motifs is 1. The van der Waals surface area contributed by atoms with Crippen LogP contribution in [-0.2, 0) is 17.9 Å². The number of amides is 1. The lowest BCUT2D eigenvalue weighted by Gasteiger charge is -2.10. The first kappa shape index (κ1) is 17.5. The summed E-state index contributed by atoms with van der Waals surface area (Å²) < 4.78 is 16.0. The number of aromatic nitrogens is 6. The highest BCUT2D eigenvalue weighted by Gasteiger charge is 2.11. The Bertz CT molecular complexity index is 1200. The van der Waals surface area contributed by atoms with E-state index in [-0.39, 0.29) is 18.5 Å². The Morgan fingerprint density at radius 2 is 2.07 bits per heavy atom. The summed E-state index contributed by atoms with van der Waals surface area (Å²) in [5, 5.41) is 6.89. The van der Waals surface area contributed by atoms with Crippen molar-refractivity contribution in [2.75, 3.05) is 0 Å². The minimum Gasteiger partial charge on any atom is -0.350 e. The molecule has 3 aromatic heterocycles. The van der Waals surface area contributed by atoms with Crippen molar-refractivity contribution in [2.45, 2.75) is 13.1 Å². The monoisotopic (exact) mass is 379 g/mol. The fourth-order valence-electron chi connectivity index (χ4n) is 2.74. The van der Waals surface area contributed by atoms with E-state index in [9.17, 15) is 14.0 Å². The Morgan fingerprint density at radius 3 is 2.89 bits per heavy atom. The molecule has 0 unspecified atom stereocenters. The van der Waals surface area contributed by atoms with Crippen LogP contribution >= 0.6 is 0 Å². The van der Waals surface area contributed by atoms with Gasteiger partial charge in [0.1, 0.15) is 25.0 Å². The second-order valence-electron chi connectivity index (χ2n) is 5.94. The first-order valence-electron chi connectivity index (χ1n) is 8.32. The van der Waals surface area contributed by atoms with Crippen molar-refractivity contribution in [3.05, 3.63) is 77.2 Å². The van der Waals surface area contributed by atoms with Gasteiger partial charge in [-0.15, -0.1) is 0 Å². The van der Waals surface area contributed by atoms with Gasteiger partial charge in [-0.1, -0.05) is 6.07 Å². The maximum Gasteiger partial charge on any atom is 0.261 e. The van der Waals surface area contributed by atoms with Gasteiger partial charge in [0.25, 0.3) is 5.56 Å². The van der Waals surface area contributed by atoms with Crippen LogP contribution in [0.2, 0.25) is 0 Å². The minimum atomic E-state index is -0.536. The third-order valence-electron chi connectivity index (χ3n) is 4.08.